The van der Waals surface area contributed by atoms with Gasteiger partial charge in [0.05, 0.1) is 21.9 Å². The number of H-pyrrole nitrogens is 1. The first-order chi connectivity index (χ1) is 6.18. The van der Waals surface area contributed by atoms with Crippen LogP contribution in [0.5, 0.6) is 0 Å². The molecule has 0 saturated carbocycles. The molecule has 0 radical (unpaired) electrons. The van der Waals surface area contributed by atoms with E-state index in [4.69, 9.17) is 5.11 Å². The van der Waals surface area contributed by atoms with Gasteiger partial charge in [-0.2, -0.15) is 0 Å². The lowest BCUT2D eigenvalue weighted by Gasteiger charge is -1.94. The number of halogens is 1. The molecule has 0 aliphatic carbocycles. The second-order valence-corrected chi connectivity index (χ2v) is 3.43. The van der Waals surface area contributed by atoms with E-state index in [1.54, 1.807) is 12.3 Å². The number of nitrogens with one attached hydrogen (secondary N) is 1. The van der Waals surface area contributed by atoms with Crippen LogP contribution in [0, 0.1) is 0 Å². The largest absolute Gasteiger partial charge is 0.478 e. The van der Waals surface area contributed by atoms with Crippen molar-refractivity contribution in [3.05, 3.63) is 28.6 Å². The number of hydrogen-bond donors (Lipinski definition) is 2. The van der Waals surface area contributed by atoms with Crippen molar-refractivity contribution in [1.82, 2.24) is 9.97 Å². The van der Waals surface area contributed by atoms with E-state index in [-0.39, 0.29) is 5.56 Å². The van der Waals surface area contributed by atoms with Gasteiger partial charge >= 0.3 is 5.97 Å². The second kappa shape index (κ2) is 2.85. The van der Waals surface area contributed by atoms with Crippen molar-refractivity contribution in [2.75, 3.05) is 0 Å². The molecule has 0 atom stereocenters. The zero-order chi connectivity index (χ0) is 9.42. The smallest absolute Gasteiger partial charge is 0.337 e. The molecule has 2 rings (SSSR count). The predicted octanol–water partition coefficient (Wildman–Crippen LogP) is 2.02. The maximum Gasteiger partial charge on any atom is 0.337 e. The summed E-state index contributed by atoms with van der Waals surface area (Å²) in [6.07, 6.45) is 2.93. The van der Waals surface area contributed by atoms with E-state index in [2.05, 4.69) is 25.9 Å². The number of nitrogens with zero attached hydrogens (tertiary/aromatic N) is 1. The lowest BCUT2D eigenvalue weighted by atomic mass is 10.2. The van der Waals surface area contributed by atoms with Gasteiger partial charge in [0.1, 0.15) is 0 Å². The summed E-state index contributed by atoms with van der Waals surface area (Å²) >= 11 is 3.23. The quantitative estimate of drug-likeness (QED) is 0.802. The molecule has 0 saturated heterocycles. The van der Waals surface area contributed by atoms with Gasteiger partial charge in [0.15, 0.2) is 0 Å². The van der Waals surface area contributed by atoms with Gasteiger partial charge in [0.25, 0.3) is 0 Å². The van der Waals surface area contributed by atoms with Crippen molar-refractivity contribution >= 4 is 32.8 Å². The van der Waals surface area contributed by atoms with Gasteiger partial charge in [-0.05, 0) is 22.0 Å². The first-order valence-corrected chi connectivity index (χ1v) is 4.33. The number of pyridine rings is 1. The molecular formula is C8H5BrN2O2. The van der Waals surface area contributed by atoms with E-state index in [0.29, 0.717) is 10.9 Å². The Balaban J connectivity index is 2.82. The Hall–Kier alpha value is -1.36. The third-order valence-electron chi connectivity index (χ3n) is 1.74. The van der Waals surface area contributed by atoms with Crippen molar-refractivity contribution in [2.24, 2.45) is 0 Å². The molecule has 13 heavy (non-hydrogen) atoms. The van der Waals surface area contributed by atoms with Crippen LogP contribution in [0.25, 0.3) is 10.9 Å². The summed E-state index contributed by atoms with van der Waals surface area (Å²) in [6, 6.07) is 1.72. The highest BCUT2D eigenvalue weighted by atomic mass is 79.9. The molecule has 0 aliphatic heterocycles. The van der Waals surface area contributed by atoms with E-state index >= 15 is 0 Å². The van der Waals surface area contributed by atoms with Crippen LogP contribution in [0.1, 0.15) is 10.4 Å². The maximum atomic E-state index is 10.8. The summed E-state index contributed by atoms with van der Waals surface area (Å²) in [5.41, 5.74) is 0.922. The number of fused-ring (bicyclic) bond motifs is 1. The normalized spacial score (nSPS) is 10.5. The highest BCUT2D eigenvalue weighted by Gasteiger charge is 2.10. The molecule has 0 amide bonds. The molecule has 0 bridgehead atoms. The fourth-order valence-corrected chi connectivity index (χ4v) is 1.63. The Labute approximate surface area is 81.7 Å². The summed E-state index contributed by atoms with van der Waals surface area (Å²) in [4.78, 5) is 17.5. The summed E-state index contributed by atoms with van der Waals surface area (Å²) in [5, 5.41) is 9.48. The number of carboxylic acid groups (broad SMARTS) is 1. The van der Waals surface area contributed by atoms with Crippen LogP contribution >= 0.6 is 15.9 Å². The van der Waals surface area contributed by atoms with Gasteiger partial charge in [-0.3, -0.25) is 4.98 Å². The summed E-state index contributed by atoms with van der Waals surface area (Å²) in [7, 11) is 0. The topological polar surface area (TPSA) is 66.0 Å². The van der Waals surface area contributed by atoms with E-state index in [1.807, 2.05) is 0 Å². The van der Waals surface area contributed by atoms with Crippen LogP contribution in [-0.2, 0) is 0 Å². The average Bonchev–Trinajstić information content (AvgIpc) is 2.43. The molecule has 0 unspecified atom stereocenters. The Morgan fingerprint density at radius 1 is 1.54 bits per heavy atom. The molecule has 5 heteroatoms. The van der Waals surface area contributed by atoms with Crippen LogP contribution in [-0.4, -0.2) is 21.0 Å². The summed E-state index contributed by atoms with van der Waals surface area (Å²) in [6.45, 7) is 0. The number of aromatic nitrogens is 2. The number of carbonyl (C=O) groups is 1. The second-order valence-electron chi connectivity index (χ2n) is 2.57. The van der Waals surface area contributed by atoms with Crippen molar-refractivity contribution < 1.29 is 9.90 Å². The van der Waals surface area contributed by atoms with E-state index in [1.165, 1.54) is 6.20 Å². The molecule has 2 aromatic rings. The molecule has 0 aromatic carbocycles. The van der Waals surface area contributed by atoms with Gasteiger partial charge in [0, 0.05) is 11.6 Å². The third kappa shape index (κ3) is 1.31. The van der Waals surface area contributed by atoms with Crippen molar-refractivity contribution in [3.63, 3.8) is 0 Å². The first kappa shape index (κ1) is 8.25. The first-order valence-electron chi connectivity index (χ1n) is 3.54. The summed E-state index contributed by atoms with van der Waals surface area (Å²) < 4.78 is 0.748. The van der Waals surface area contributed by atoms with Crippen LogP contribution in [0.15, 0.2) is 23.1 Å². The molecule has 2 heterocycles. The average molecular weight is 241 g/mol. The maximum absolute atomic E-state index is 10.8. The van der Waals surface area contributed by atoms with Crippen LogP contribution < -0.4 is 0 Å². The van der Waals surface area contributed by atoms with Crippen LogP contribution in [0.2, 0.25) is 0 Å². The molecule has 0 spiro atoms. The number of rotatable bonds is 1. The Kier molecular flexibility index (Phi) is 1.81. The zero-order valence-corrected chi connectivity index (χ0v) is 8.00. The number of hydrogen-bond acceptors (Lipinski definition) is 2. The van der Waals surface area contributed by atoms with Gasteiger partial charge in [0.2, 0.25) is 0 Å². The highest BCUT2D eigenvalue weighted by molar-refractivity contribution is 9.10. The molecule has 0 aliphatic rings. The highest BCUT2D eigenvalue weighted by Crippen LogP contribution is 2.21. The molecule has 2 N–H and O–H groups in total. The lowest BCUT2D eigenvalue weighted by molar-refractivity contribution is 0.0698. The Bertz CT molecular complexity index is 478. The number of aromatic amines is 1. The minimum Gasteiger partial charge on any atom is -0.478 e. The minimum atomic E-state index is -0.968. The number of carboxylic acids is 1. The predicted molar refractivity (Wildman–Crippen MR) is 50.8 cm³/mol. The molecule has 66 valence electrons. The van der Waals surface area contributed by atoms with Crippen molar-refractivity contribution in [3.8, 4) is 0 Å². The SMILES string of the molecule is O=C(O)c1cncc2[nH]c(Br)cc12. The Morgan fingerprint density at radius 3 is 3.00 bits per heavy atom. The molecular weight excluding hydrogens is 236 g/mol. The van der Waals surface area contributed by atoms with Crippen LogP contribution in [0.3, 0.4) is 0 Å². The molecule has 2 aromatic heterocycles. The zero-order valence-electron chi connectivity index (χ0n) is 6.41. The fourth-order valence-electron chi connectivity index (χ4n) is 1.19. The van der Waals surface area contributed by atoms with Gasteiger partial charge in [-0.1, -0.05) is 0 Å². The standard InChI is InChI=1S/C8H5BrN2O2/c9-7-1-4-5(8(12)13)2-10-3-6(4)11-7/h1-3,11H,(H,12,13). The lowest BCUT2D eigenvalue weighted by Crippen LogP contribution is -1.97. The molecule has 4 nitrogen and oxygen atoms in total. The summed E-state index contributed by atoms with van der Waals surface area (Å²) in [5.74, 6) is -0.968. The van der Waals surface area contributed by atoms with Gasteiger partial charge in [-0.15, -0.1) is 0 Å². The minimum absolute atomic E-state index is 0.208. The molecule has 0 fully saturated rings. The van der Waals surface area contributed by atoms with Crippen molar-refractivity contribution in [2.45, 2.75) is 0 Å². The van der Waals surface area contributed by atoms with Gasteiger partial charge in [-0.25, -0.2) is 4.79 Å². The number of aromatic carboxylic acids is 1. The third-order valence-corrected chi connectivity index (χ3v) is 2.17. The Morgan fingerprint density at radius 2 is 2.31 bits per heavy atom. The fraction of sp³-hybridized carbons (Fsp3) is 0. The van der Waals surface area contributed by atoms with Crippen LogP contribution in [0.4, 0.5) is 0 Å². The van der Waals surface area contributed by atoms with E-state index in [9.17, 15) is 4.79 Å². The van der Waals surface area contributed by atoms with Crippen molar-refractivity contribution in [1.29, 1.82) is 0 Å². The van der Waals surface area contributed by atoms with Gasteiger partial charge < -0.3 is 10.1 Å². The monoisotopic (exact) mass is 240 g/mol. The van der Waals surface area contributed by atoms with E-state index in [0.717, 1.165) is 4.60 Å². The van der Waals surface area contributed by atoms with E-state index < -0.39 is 5.97 Å².